The first kappa shape index (κ1) is 21.0. The minimum Gasteiger partial charge on any atom is -0.595 e. The highest BCUT2D eigenvalue weighted by atomic mass is 35.5. The molecule has 1 aliphatic heterocycles. The van der Waals surface area contributed by atoms with Gasteiger partial charge in [0, 0.05) is 28.2 Å². The van der Waals surface area contributed by atoms with Crippen molar-refractivity contribution < 1.29 is 29.5 Å². The van der Waals surface area contributed by atoms with Gasteiger partial charge < -0.3 is 14.7 Å². The van der Waals surface area contributed by atoms with Crippen LogP contribution < -0.4 is 14.7 Å². The average Bonchev–Trinajstić information content (AvgIpc) is 3.05. The molecular formula is C22H13Cl2NO6. The van der Waals surface area contributed by atoms with Crippen molar-refractivity contribution in [3.05, 3.63) is 98.4 Å². The summed E-state index contributed by atoms with van der Waals surface area (Å²) in [6.07, 6.45) is 1.51. The molecule has 0 saturated carbocycles. The lowest BCUT2D eigenvalue weighted by Gasteiger charge is -2.11. The third-order valence-corrected chi connectivity index (χ3v) is 5.03. The summed E-state index contributed by atoms with van der Waals surface area (Å²) in [6.45, 7) is 0. The van der Waals surface area contributed by atoms with E-state index >= 15 is 0 Å². The van der Waals surface area contributed by atoms with Crippen molar-refractivity contribution in [2.75, 3.05) is 0 Å². The molecule has 7 nitrogen and oxygen atoms in total. The third kappa shape index (κ3) is 4.46. The van der Waals surface area contributed by atoms with Gasteiger partial charge in [0.25, 0.3) is 0 Å². The van der Waals surface area contributed by atoms with E-state index in [0.717, 1.165) is 0 Å². The van der Waals surface area contributed by atoms with Gasteiger partial charge in [-0.25, -0.2) is 10.0 Å². The van der Waals surface area contributed by atoms with Crippen LogP contribution in [0.1, 0.15) is 26.3 Å². The number of halogens is 2. The first-order valence-corrected chi connectivity index (χ1v) is 9.66. The zero-order valence-electron chi connectivity index (χ0n) is 15.6. The molecule has 1 heterocycles. The van der Waals surface area contributed by atoms with Gasteiger partial charge in [-0.15, -0.1) is 0 Å². The molecule has 0 amide bonds. The summed E-state index contributed by atoms with van der Waals surface area (Å²) >= 11 is 12.0. The molecule has 0 spiro atoms. The molecule has 0 aliphatic carbocycles. The molecule has 4 rings (SSSR count). The summed E-state index contributed by atoms with van der Waals surface area (Å²) < 4.78 is 11.0. The van der Waals surface area contributed by atoms with Gasteiger partial charge in [-0.2, -0.15) is 5.23 Å². The Bertz CT molecular complexity index is 1220. The zero-order chi connectivity index (χ0) is 22.1. The highest BCUT2D eigenvalue weighted by Crippen LogP contribution is 2.36. The maximum Gasteiger partial charge on any atom is 0.343 e. The van der Waals surface area contributed by atoms with E-state index in [4.69, 9.17) is 37.9 Å². The maximum atomic E-state index is 12.6. The summed E-state index contributed by atoms with van der Waals surface area (Å²) in [5, 5.41) is 19.6. The number of ether oxygens (including phenoxy) is 2. The molecule has 9 heteroatoms. The van der Waals surface area contributed by atoms with E-state index in [9.17, 15) is 14.8 Å². The number of carbonyl (C=O) groups excluding carboxylic acids is 2. The van der Waals surface area contributed by atoms with Gasteiger partial charge in [-0.1, -0.05) is 29.3 Å². The van der Waals surface area contributed by atoms with Gasteiger partial charge in [0.05, 0.1) is 11.1 Å². The van der Waals surface area contributed by atoms with Crippen LogP contribution in [0.4, 0.5) is 5.69 Å². The largest absolute Gasteiger partial charge is 0.595 e. The molecule has 0 aromatic heterocycles. The lowest BCUT2D eigenvalue weighted by atomic mass is 10.1. The highest BCUT2D eigenvalue weighted by Gasteiger charge is 2.28. The standard InChI is InChI=1S/C22H13Cl2NO6/c23-14-4-1-13(18(24)10-14)9-20-21(26)17-8-7-16(11-19(17)31-20)30-22(27)12-2-5-15(6-3-12)25(28)29/h1-11,25,28H. The number of carbonyl (C=O) groups is 2. The number of hydrogen-bond donors (Lipinski definition) is 2. The molecule has 0 radical (unpaired) electrons. The van der Waals surface area contributed by atoms with Crippen LogP contribution in [0.15, 0.2) is 66.4 Å². The highest BCUT2D eigenvalue weighted by molar-refractivity contribution is 6.35. The Morgan fingerprint density at radius 2 is 1.81 bits per heavy atom. The molecule has 1 aliphatic rings. The maximum absolute atomic E-state index is 12.6. The zero-order valence-corrected chi connectivity index (χ0v) is 17.1. The summed E-state index contributed by atoms with van der Waals surface area (Å²) in [6, 6.07) is 14.6. The van der Waals surface area contributed by atoms with E-state index in [1.165, 1.54) is 48.5 Å². The van der Waals surface area contributed by atoms with E-state index in [1.807, 2.05) is 0 Å². The number of Topliss-reactive ketones (excluding diaryl/α,β-unsaturated/α-hetero) is 1. The predicted molar refractivity (Wildman–Crippen MR) is 113 cm³/mol. The van der Waals surface area contributed by atoms with Crippen molar-refractivity contribution in [2.24, 2.45) is 0 Å². The molecule has 156 valence electrons. The van der Waals surface area contributed by atoms with Gasteiger partial charge in [0.2, 0.25) is 5.78 Å². The molecule has 1 unspecified atom stereocenters. The van der Waals surface area contributed by atoms with Crippen molar-refractivity contribution in [1.82, 2.24) is 0 Å². The second kappa shape index (κ2) is 8.50. The SMILES string of the molecule is O=C(Oc1ccc2c(c1)OC(=Cc1ccc(Cl)cc1Cl)C2=O)c1ccc([NH+]([O-])O)cc1. The molecule has 31 heavy (non-hydrogen) atoms. The number of rotatable bonds is 4. The van der Waals surface area contributed by atoms with Crippen molar-refractivity contribution in [3.8, 4) is 11.5 Å². The fraction of sp³-hybridized carbons (Fsp3) is 0. The van der Waals surface area contributed by atoms with E-state index in [0.29, 0.717) is 21.2 Å². The topological polar surface area (TPSA) is 100 Å². The fourth-order valence-electron chi connectivity index (χ4n) is 2.91. The fourth-order valence-corrected chi connectivity index (χ4v) is 3.37. The second-order valence-corrected chi connectivity index (χ2v) is 7.38. The summed E-state index contributed by atoms with van der Waals surface area (Å²) in [4.78, 5) is 24.9. The van der Waals surface area contributed by atoms with E-state index in [-0.39, 0.29) is 34.3 Å². The summed E-state index contributed by atoms with van der Waals surface area (Å²) in [7, 11) is 0. The normalized spacial score (nSPS) is 14.8. The Hall–Kier alpha value is -3.20. The van der Waals surface area contributed by atoms with Crippen molar-refractivity contribution in [2.45, 2.75) is 0 Å². The first-order chi connectivity index (χ1) is 14.8. The predicted octanol–water partition coefficient (Wildman–Crippen LogP) is 4.23. The van der Waals surface area contributed by atoms with Crippen molar-refractivity contribution in [3.63, 3.8) is 0 Å². The minimum atomic E-state index is -1.09. The molecule has 3 aromatic rings. The Morgan fingerprint density at radius 1 is 1.06 bits per heavy atom. The van der Waals surface area contributed by atoms with Crippen molar-refractivity contribution in [1.29, 1.82) is 0 Å². The van der Waals surface area contributed by atoms with Gasteiger partial charge in [-0.05, 0) is 48.0 Å². The average molecular weight is 458 g/mol. The van der Waals surface area contributed by atoms with Gasteiger partial charge >= 0.3 is 5.97 Å². The first-order valence-electron chi connectivity index (χ1n) is 8.91. The number of nitrogens with one attached hydrogen (secondary N) is 1. The van der Waals surface area contributed by atoms with Crippen LogP contribution in [0.5, 0.6) is 11.5 Å². The number of hydrogen-bond acceptors (Lipinski definition) is 6. The number of allylic oxidation sites excluding steroid dienone is 1. The van der Waals surface area contributed by atoms with Gasteiger partial charge in [-0.3, -0.25) is 4.79 Å². The van der Waals surface area contributed by atoms with E-state index in [1.54, 1.807) is 18.2 Å². The van der Waals surface area contributed by atoms with Gasteiger partial charge in [0.1, 0.15) is 11.5 Å². The van der Waals surface area contributed by atoms with Crippen molar-refractivity contribution >= 4 is 46.7 Å². The van der Waals surface area contributed by atoms with E-state index < -0.39 is 11.2 Å². The van der Waals surface area contributed by atoms with Gasteiger partial charge in [0.15, 0.2) is 11.4 Å². The summed E-state index contributed by atoms with van der Waals surface area (Å²) in [5.74, 6) is -0.516. The number of quaternary nitrogens is 1. The van der Waals surface area contributed by atoms with Crippen LogP contribution in [-0.2, 0) is 0 Å². The third-order valence-electron chi connectivity index (χ3n) is 4.47. The smallest absolute Gasteiger partial charge is 0.343 e. The number of esters is 1. The number of ketones is 1. The minimum absolute atomic E-state index is 0.0566. The van der Waals surface area contributed by atoms with Crippen LogP contribution in [0.2, 0.25) is 10.0 Å². The quantitative estimate of drug-likeness (QED) is 0.263. The Kier molecular flexibility index (Phi) is 5.77. The van der Waals surface area contributed by atoms with Crippen LogP contribution in [0.3, 0.4) is 0 Å². The molecule has 3 aromatic carbocycles. The second-order valence-electron chi connectivity index (χ2n) is 6.54. The lowest BCUT2D eigenvalue weighted by molar-refractivity contribution is -0.991. The summed E-state index contributed by atoms with van der Waals surface area (Å²) in [5.41, 5.74) is 1.13. The Morgan fingerprint density at radius 3 is 2.48 bits per heavy atom. The number of fused-ring (bicyclic) bond motifs is 1. The molecular weight excluding hydrogens is 445 g/mol. The number of benzene rings is 3. The van der Waals surface area contributed by atoms with E-state index in [2.05, 4.69) is 0 Å². The molecule has 1 atom stereocenters. The molecule has 2 N–H and O–H groups in total. The monoisotopic (exact) mass is 457 g/mol. The molecule has 0 bridgehead atoms. The molecule has 0 saturated heterocycles. The lowest BCUT2D eigenvalue weighted by Crippen LogP contribution is -2.99. The van der Waals surface area contributed by atoms with Crippen LogP contribution >= 0.6 is 23.2 Å². The van der Waals surface area contributed by atoms with Crippen LogP contribution in [0.25, 0.3) is 6.08 Å². The Labute approximate surface area is 186 Å². The van der Waals surface area contributed by atoms with Crippen LogP contribution in [0, 0.1) is 5.21 Å². The van der Waals surface area contributed by atoms with Crippen LogP contribution in [-0.4, -0.2) is 17.0 Å². The Balaban J connectivity index is 1.53. The molecule has 0 fully saturated rings.